The van der Waals surface area contributed by atoms with Crippen LogP contribution in [0.15, 0.2) is 64.1 Å². The highest BCUT2D eigenvalue weighted by atomic mass is 79.9. The third-order valence-corrected chi connectivity index (χ3v) is 4.55. The Morgan fingerprint density at radius 1 is 1.00 bits per heavy atom. The van der Waals surface area contributed by atoms with Crippen molar-refractivity contribution in [3.63, 3.8) is 0 Å². The topological polar surface area (TPSA) is 56.7 Å². The van der Waals surface area contributed by atoms with Crippen molar-refractivity contribution in [2.45, 2.75) is 19.4 Å². The Morgan fingerprint density at radius 2 is 1.70 bits per heavy atom. The highest BCUT2D eigenvalue weighted by Crippen LogP contribution is 2.11. The van der Waals surface area contributed by atoms with Gasteiger partial charge in [-0.25, -0.2) is 4.99 Å². The lowest BCUT2D eigenvalue weighted by Gasteiger charge is -2.15. The number of amides is 1. The normalized spacial score (nSPS) is 11.1. The molecule has 144 valence electrons. The van der Waals surface area contributed by atoms with E-state index in [9.17, 15) is 4.79 Å². The van der Waals surface area contributed by atoms with Gasteiger partial charge in [-0.05, 0) is 36.1 Å². The highest BCUT2D eigenvalue weighted by molar-refractivity contribution is 9.10. The summed E-state index contributed by atoms with van der Waals surface area (Å²) in [5.41, 5.74) is 2.44. The maximum Gasteiger partial charge on any atom is 0.241 e. The molecule has 0 radical (unpaired) electrons. The number of likely N-dealkylation sites (N-methyl/N-ethyl adjacent to an activating group) is 1. The first-order chi connectivity index (χ1) is 13.0. The fourth-order valence-corrected chi connectivity index (χ4v) is 2.66. The third kappa shape index (κ3) is 8.26. The van der Waals surface area contributed by atoms with Crippen molar-refractivity contribution in [2.75, 3.05) is 27.2 Å². The van der Waals surface area contributed by atoms with Gasteiger partial charge in [0, 0.05) is 25.1 Å². The van der Waals surface area contributed by atoms with E-state index in [0.717, 1.165) is 29.4 Å². The molecule has 2 aromatic rings. The van der Waals surface area contributed by atoms with Gasteiger partial charge in [-0.1, -0.05) is 58.4 Å². The number of hydrogen-bond acceptors (Lipinski definition) is 2. The van der Waals surface area contributed by atoms with Gasteiger partial charge in [0.05, 0.1) is 13.1 Å². The highest BCUT2D eigenvalue weighted by Gasteiger charge is 2.06. The van der Waals surface area contributed by atoms with Crippen molar-refractivity contribution in [1.29, 1.82) is 0 Å². The molecule has 0 aliphatic heterocycles. The number of rotatable bonds is 8. The van der Waals surface area contributed by atoms with Crippen LogP contribution in [0.1, 0.15) is 17.5 Å². The molecule has 6 heteroatoms. The smallest absolute Gasteiger partial charge is 0.241 e. The number of aliphatic imine (C=N–C) groups is 1. The lowest BCUT2D eigenvalue weighted by Crippen LogP contribution is -2.43. The van der Waals surface area contributed by atoms with Gasteiger partial charge in [0.15, 0.2) is 5.96 Å². The van der Waals surface area contributed by atoms with Crippen LogP contribution in [0.5, 0.6) is 0 Å². The molecule has 0 aliphatic carbocycles. The van der Waals surface area contributed by atoms with Crippen LogP contribution in [0, 0.1) is 0 Å². The maximum atomic E-state index is 11.8. The standard InChI is InChI=1S/C21H27BrN4O/c1-26(2)20(27)16-25-21(24-15-18-10-12-19(22)13-11-18)23-14-6-9-17-7-4-3-5-8-17/h3-5,7-8,10-13H,6,9,14-16H2,1-2H3,(H2,23,24,25). The fourth-order valence-electron chi connectivity index (χ4n) is 2.40. The van der Waals surface area contributed by atoms with Crippen LogP contribution in [0.25, 0.3) is 0 Å². The summed E-state index contributed by atoms with van der Waals surface area (Å²) in [4.78, 5) is 18.0. The number of aryl methyl sites for hydroxylation is 1. The predicted octanol–water partition coefficient (Wildman–Crippen LogP) is 3.21. The Morgan fingerprint density at radius 3 is 2.37 bits per heavy atom. The minimum absolute atomic E-state index is 0.0115. The van der Waals surface area contributed by atoms with E-state index in [2.05, 4.69) is 55.8 Å². The van der Waals surface area contributed by atoms with Crippen molar-refractivity contribution < 1.29 is 4.79 Å². The van der Waals surface area contributed by atoms with Gasteiger partial charge in [0.25, 0.3) is 0 Å². The molecule has 27 heavy (non-hydrogen) atoms. The number of carbonyl (C=O) groups is 1. The Hall–Kier alpha value is -2.34. The van der Waals surface area contributed by atoms with Crippen molar-refractivity contribution in [3.05, 3.63) is 70.2 Å². The molecule has 0 heterocycles. The van der Waals surface area contributed by atoms with E-state index in [-0.39, 0.29) is 12.5 Å². The van der Waals surface area contributed by atoms with Gasteiger partial charge in [-0.2, -0.15) is 0 Å². The van der Waals surface area contributed by atoms with Crippen molar-refractivity contribution in [2.24, 2.45) is 4.99 Å². The van der Waals surface area contributed by atoms with Crippen molar-refractivity contribution in [3.8, 4) is 0 Å². The van der Waals surface area contributed by atoms with E-state index in [1.54, 1.807) is 19.0 Å². The Bertz CT molecular complexity index is 730. The summed E-state index contributed by atoms with van der Waals surface area (Å²) in [5.74, 6) is 0.665. The molecule has 0 saturated heterocycles. The molecular weight excluding hydrogens is 404 g/mol. The van der Waals surface area contributed by atoms with Gasteiger partial charge in [-0.15, -0.1) is 0 Å². The quantitative estimate of drug-likeness (QED) is 0.384. The molecule has 2 aromatic carbocycles. The first-order valence-electron chi connectivity index (χ1n) is 9.05. The maximum absolute atomic E-state index is 11.8. The molecule has 0 saturated carbocycles. The third-order valence-electron chi connectivity index (χ3n) is 4.02. The minimum atomic E-state index is 0.0115. The van der Waals surface area contributed by atoms with Crippen LogP contribution >= 0.6 is 15.9 Å². The number of hydrogen-bond donors (Lipinski definition) is 2. The molecule has 0 unspecified atom stereocenters. The summed E-state index contributed by atoms with van der Waals surface area (Å²) in [5, 5.41) is 6.44. The Labute approximate surface area is 170 Å². The second kappa shape index (κ2) is 11.4. The molecule has 0 aliphatic rings. The van der Waals surface area contributed by atoms with E-state index < -0.39 is 0 Å². The van der Waals surface area contributed by atoms with Crippen LogP contribution in [0.4, 0.5) is 0 Å². The molecule has 0 aromatic heterocycles. The van der Waals surface area contributed by atoms with E-state index >= 15 is 0 Å². The van der Waals surface area contributed by atoms with E-state index in [0.29, 0.717) is 12.5 Å². The van der Waals surface area contributed by atoms with Gasteiger partial charge < -0.3 is 15.5 Å². The SMILES string of the molecule is CN(C)C(=O)CNC(=NCc1ccc(Br)cc1)NCCCc1ccccc1. The molecular formula is C21H27BrN4O. The van der Waals surface area contributed by atoms with Crippen LogP contribution in [0.2, 0.25) is 0 Å². The monoisotopic (exact) mass is 430 g/mol. The summed E-state index contributed by atoms with van der Waals surface area (Å²) in [6.45, 7) is 1.56. The molecule has 0 spiro atoms. The molecule has 2 rings (SSSR count). The van der Waals surface area contributed by atoms with Gasteiger partial charge in [-0.3, -0.25) is 4.79 Å². The van der Waals surface area contributed by atoms with Crippen LogP contribution in [0.3, 0.4) is 0 Å². The van der Waals surface area contributed by atoms with Crippen molar-refractivity contribution >= 4 is 27.8 Å². The van der Waals surface area contributed by atoms with E-state index in [1.807, 2.05) is 30.3 Å². The zero-order valence-electron chi connectivity index (χ0n) is 15.9. The van der Waals surface area contributed by atoms with E-state index in [4.69, 9.17) is 0 Å². The number of benzene rings is 2. The summed E-state index contributed by atoms with van der Waals surface area (Å²) in [6, 6.07) is 18.5. The molecule has 0 fully saturated rings. The Balaban J connectivity index is 1.88. The van der Waals surface area contributed by atoms with Gasteiger partial charge >= 0.3 is 0 Å². The van der Waals surface area contributed by atoms with Crippen LogP contribution in [-0.4, -0.2) is 44.0 Å². The number of guanidine groups is 1. The van der Waals surface area contributed by atoms with Gasteiger partial charge in [0.2, 0.25) is 5.91 Å². The summed E-state index contributed by atoms with van der Waals surface area (Å²) in [7, 11) is 3.49. The number of halogens is 1. The molecule has 1 amide bonds. The zero-order chi connectivity index (χ0) is 19.5. The molecule has 0 bridgehead atoms. The average molecular weight is 431 g/mol. The molecule has 0 atom stereocenters. The molecule has 5 nitrogen and oxygen atoms in total. The van der Waals surface area contributed by atoms with E-state index in [1.165, 1.54) is 5.56 Å². The molecule has 2 N–H and O–H groups in total. The summed E-state index contributed by atoms with van der Waals surface area (Å²) >= 11 is 3.44. The number of nitrogens with one attached hydrogen (secondary N) is 2. The van der Waals surface area contributed by atoms with Crippen LogP contribution in [-0.2, 0) is 17.8 Å². The second-order valence-corrected chi connectivity index (χ2v) is 7.36. The zero-order valence-corrected chi connectivity index (χ0v) is 17.5. The average Bonchev–Trinajstić information content (AvgIpc) is 2.68. The summed E-state index contributed by atoms with van der Waals surface area (Å²) in [6.07, 6.45) is 2.00. The predicted molar refractivity (Wildman–Crippen MR) is 115 cm³/mol. The second-order valence-electron chi connectivity index (χ2n) is 6.45. The largest absolute Gasteiger partial charge is 0.356 e. The number of nitrogens with zero attached hydrogens (tertiary/aromatic N) is 2. The first-order valence-corrected chi connectivity index (χ1v) is 9.84. The number of carbonyl (C=O) groups excluding carboxylic acids is 1. The minimum Gasteiger partial charge on any atom is -0.356 e. The first kappa shape index (κ1) is 21.0. The lowest BCUT2D eigenvalue weighted by molar-refractivity contribution is -0.127. The Kier molecular flexibility index (Phi) is 8.84. The van der Waals surface area contributed by atoms with Gasteiger partial charge in [0.1, 0.15) is 0 Å². The van der Waals surface area contributed by atoms with Crippen molar-refractivity contribution in [1.82, 2.24) is 15.5 Å². The summed E-state index contributed by atoms with van der Waals surface area (Å²) < 4.78 is 1.05. The fraction of sp³-hybridized carbons (Fsp3) is 0.333. The van der Waals surface area contributed by atoms with Crippen LogP contribution < -0.4 is 10.6 Å². The lowest BCUT2D eigenvalue weighted by atomic mass is 10.1.